The van der Waals surface area contributed by atoms with E-state index in [0.29, 0.717) is 19.4 Å². The van der Waals surface area contributed by atoms with Crippen molar-refractivity contribution in [1.29, 1.82) is 0 Å². The van der Waals surface area contributed by atoms with Crippen molar-refractivity contribution in [3.05, 3.63) is 28.5 Å². The number of nitrogens with zero attached hydrogens (tertiary/aromatic N) is 1. The highest BCUT2D eigenvalue weighted by Gasteiger charge is 2.20. The first-order valence-electron chi connectivity index (χ1n) is 6.05. The lowest BCUT2D eigenvalue weighted by Gasteiger charge is -2.23. The van der Waals surface area contributed by atoms with Gasteiger partial charge in [0.25, 0.3) is 0 Å². The van der Waals surface area contributed by atoms with E-state index in [-0.39, 0.29) is 0 Å². The van der Waals surface area contributed by atoms with E-state index in [0.717, 1.165) is 23.1 Å². The van der Waals surface area contributed by atoms with Crippen LogP contribution in [0.3, 0.4) is 0 Å². The van der Waals surface area contributed by atoms with Crippen LogP contribution in [0.2, 0.25) is 0 Å². The number of hydrogen-bond acceptors (Lipinski definition) is 4. The summed E-state index contributed by atoms with van der Waals surface area (Å²) in [5.41, 5.74) is 0.314. The Morgan fingerprint density at radius 1 is 1.44 bits per heavy atom. The highest BCUT2D eigenvalue weighted by atomic mass is 79.9. The molecule has 0 aliphatic heterocycles. The van der Waals surface area contributed by atoms with Crippen LogP contribution >= 0.6 is 15.9 Å². The van der Waals surface area contributed by atoms with E-state index in [4.69, 9.17) is 4.74 Å². The Morgan fingerprint density at radius 2 is 2.22 bits per heavy atom. The number of rotatable bonds is 8. The van der Waals surface area contributed by atoms with E-state index in [1.807, 2.05) is 13.0 Å². The largest absolute Gasteiger partial charge is 0.390 e. The molecule has 0 spiro atoms. The molecule has 1 aromatic rings. The van der Waals surface area contributed by atoms with Crippen molar-refractivity contribution in [1.82, 2.24) is 10.3 Å². The van der Waals surface area contributed by atoms with Crippen molar-refractivity contribution in [3.8, 4) is 0 Å². The maximum atomic E-state index is 10.3. The van der Waals surface area contributed by atoms with Gasteiger partial charge in [-0.3, -0.25) is 4.98 Å². The molecule has 102 valence electrons. The first-order valence-corrected chi connectivity index (χ1v) is 6.84. The molecule has 0 amide bonds. The standard InChI is InChI=1S/C13H21BrN2O2/c1-13(17,3-4-15-5-6-18-2)8-11-7-12(14)10-16-9-11/h7,9-10,15,17H,3-6,8H2,1-2H3. The number of aromatic nitrogens is 1. The third kappa shape index (κ3) is 6.44. The summed E-state index contributed by atoms with van der Waals surface area (Å²) in [7, 11) is 1.68. The van der Waals surface area contributed by atoms with Crippen molar-refractivity contribution in [2.45, 2.75) is 25.4 Å². The van der Waals surface area contributed by atoms with Crippen molar-refractivity contribution in [2.24, 2.45) is 0 Å². The summed E-state index contributed by atoms with van der Waals surface area (Å²) >= 11 is 3.38. The Labute approximate surface area is 117 Å². The van der Waals surface area contributed by atoms with Crippen molar-refractivity contribution >= 4 is 15.9 Å². The fraction of sp³-hybridized carbons (Fsp3) is 0.615. The highest BCUT2D eigenvalue weighted by molar-refractivity contribution is 9.10. The topological polar surface area (TPSA) is 54.4 Å². The minimum absolute atomic E-state index is 0.603. The molecular weight excluding hydrogens is 296 g/mol. The smallest absolute Gasteiger partial charge is 0.0672 e. The van der Waals surface area contributed by atoms with Crippen LogP contribution in [0.5, 0.6) is 0 Å². The van der Waals surface area contributed by atoms with Crippen molar-refractivity contribution in [2.75, 3.05) is 26.8 Å². The molecule has 2 N–H and O–H groups in total. The van der Waals surface area contributed by atoms with Crippen LogP contribution in [0.1, 0.15) is 18.9 Å². The molecule has 1 rings (SSSR count). The molecule has 0 aliphatic rings. The molecule has 1 atom stereocenters. The normalized spacial score (nSPS) is 14.4. The first kappa shape index (κ1) is 15.6. The van der Waals surface area contributed by atoms with Gasteiger partial charge in [-0.2, -0.15) is 0 Å². The molecule has 0 radical (unpaired) electrons. The third-order valence-corrected chi connectivity index (χ3v) is 3.10. The maximum absolute atomic E-state index is 10.3. The van der Waals surface area contributed by atoms with Gasteiger partial charge in [0.05, 0.1) is 12.2 Å². The quantitative estimate of drug-likeness (QED) is 0.718. The SMILES string of the molecule is COCCNCCC(C)(O)Cc1cncc(Br)c1. The molecule has 0 saturated carbocycles. The van der Waals surface area contributed by atoms with Crippen LogP contribution in [-0.4, -0.2) is 42.5 Å². The van der Waals surface area contributed by atoms with E-state index in [1.54, 1.807) is 19.5 Å². The highest BCUT2D eigenvalue weighted by Crippen LogP contribution is 2.18. The zero-order valence-electron chi connectivity index (χ0n) is 10.9. The Kier molecular flexibility index (Phi) is 6.78. The Bertz CT molecular complexity index is 359. The molecule has 18 heavy (non-hydrogen) atoms. The molecule has 1 heterocycles. The first-order chi connectivity index (χ1) is 8.53. The number of methoxy groups -OCH3 is 1. The van der Waals surface area contributed by atoms with Gasteiger partial charge >= 0.3 is 0 Å². The fourth-order valence-corrected chi connectivity index (χ4v) is 2.15. The summed E-state index contributed by atoms with van der Waals surface area (Å²) in [5, 5.41) is 13.5. The Morgan fingerprint density at radius 3 is 2.89 bits per heavy atom. The average Bonchev–Trinajstić information content (AvgIpc) is 2.28. The summed E-state index contributed by atoms with van der Waals surface area (Å²) in [5.74, 6) is 0. The molecule has 5 heteroatoms. The van der Waals surface area contributed by atoms with Crippen molar-refractivity contribution in [3.63, 3.8) is 0 Å². The lowest BCUT2D eigenvalue weighted by molar-refractivity contribution is 0.0509. The van der Waals surface area contributed by atoms with Gasteiger partial charge in [0.1, 0.15) is 0 Å². The Hall–Kier alpha value is -0.490. The van der Waals surface area contributed by atoms with E-state index in [9.17, 15) is 5.11 Å². The second kappa shape index (κ2) is 7.84. The number of pyridine rings is 1. The molecule has 4 nitrogen and oxygen atoms in total. The minimum Gasteiger partial charge on any atom is -0.390 e. The second-order valence-corrected chi connectivity index (χ2v) is 5.59. The van der Waals surface area contributed by atoms with Crippen molar-refractivity contribution < 1.29 is 9.84 Å². The second-order valence-electron chi connectivity index (χ2n) is 4.68. The summed E-state index contributed by atoms with van der Waals surface area (Å²) in [4.78, 5) is 4.10. The number of hydrogen-bond donors (Lipinski definition) is 2. The van der Waals surface area contributed by atoms with Gasteiger partial charge in [-0.25, -0.2) is 0 Å². The third-order valence-electron chi connectivity index (χ3n) is 2.67. The molecule has 1 unspecified atom stereocenters. The zero-order valence-corrected chi connectivity index (χ0v) is 12.5. The summed E-state index contributed by atoms with van der Waals surface area (Å²) in [6, 6.07) is 1.99. The van der Waals surface area contributed by atoms with Gasteiger partial charge < -0.3 is 15.2 Å². The fourth-order valence-electron chi connectivity index (χ4n) is 1.74. The van der Waals surface area contributed by atoms with Crippen LogP contribution in [0.15, 0.2) is 22.9 Å². The number of aliphatic hydroxyl groups is 1. The minimum atomic E-state index is -0.720. The van der Waals surface area contributed by atoms with Gasteiger partial charge in [0.2, 0.25) is 0 Å². The van der Waals surface area contributed by atoms with Gasteiger partial charge in [-0.15, -0.1) is 0 Å². The predicted molar refractivity (Wildman–Crippen MR) is 75.6 cm³/mol. The van der Waals surface area contributed by atoms with E-state index in [2.05, 4.69) is 26.2 Å². The average molecular weight is 317 g/mol. The summed E-state index contributed by atoms with van der Waals surface area (Å²) in [6.45, 7) is 4.13. The summed E-state index contributed by atoms with van der Waals surface area (Å²) in [6.07, 6.45) is 4.83. The monoisotopic (exact) mass is 316 g/mol. The lowest BCUT2D eigenvalue weighted by Crippen LogP contribution is -2.33. The molecule has 0 fully saturated rings. The molecule has 0 aliphatic carbocycles. The van der Waals surface area contributed by atoms with Gasteiger partial charge in [-0.1, -0.05) is 0 Å². The molecule has 0 saturated heterocycles. The maximum Gasteiger partial charge on any atom is 0.0672 e. The van der Waals surface area contributed by atoms with E-state index >= 15 is 0 Å². The van der Waals surface area contributed by atoms with Gasteiger partial charge in [0.15, 0.2) is 0 Å². The van der Waals surface area contributed by atoms with Crippen LogP contribution < -0.4 is 5.32 Å². The van der Waals surface area contributed by atoms with Gasteiger partial charge in [-0.05, 0) is 47.4 Å². The Balaban J connectivity index is 2.34. The van der Waals surface area contributed by atoms with E-state index in [1.165, 1.54) is 0 Å². The zero-order chi connectivity index (χ0) is 13.4. The lowest BCUT2D eigenvalue weighted by atomic mass is 9.94. The predicted octanol–water partition coefficient (Wildman–Crippen LogP) is 1.76. The van der Waals surface area contributed by atoms with Crippen LogP contribution in [0, 0.1) is 0 Å². The van der Waals surface area contributed by atoms with Crippen LogP contribution in [0.25, 0.3) is 0 Å². The van der Waals surface area contributed by atoms with Gasteiger partial charge in [0, 0.05) is 36.9 Å². The molecule has 1 aromatic heterocycles. The summed E-state index contributed by atoms with van der Waals surface area (Å²) < 4.78 is 5.88. The number of ether oxygens (including phenoxy) is 1. The number of halogens is 1. The number of nitrogens with one attached hydrogen (secondary N) is 1. The van der Waals surface area contributed by atoms with Crippen LogP contribution in [-0.2, 0) is 11.2 Å². The van der Waals surface area contributed by atoms with Crippen LogP contribution in [0.4, 0.5) is 0 Å². The molecule has 0 aromatic carbocycles. The van der Waals surface area contributed by atoms with E-state index < -0.39 is 5.60 Å². The molecule has 0 bridgehead atoms. The molecular formula is C13H21BrN2O2.